The Kier molecular flexibility index (Phi) is 4.14. The summed E-state index contributed by atoms with van der Waals surface area (Å²) in [7, 11) is 1.52. The van der Waals surface area contributed by atoms with E-state index in [4.69, 9.17) is 4.74 Å². The van der Waals surface area contributed by atoms with E-state index < -0.39 is 0 Å². The first kappa shape index (κ1) is 14.3. The summed E-state index contributed by atoms with van der Waals surface area (Å²) in [6.07, 6.45) is 2.24. The molecule has 2 nitrogen and oxygen atoms in total. The molecule has 2 rings (SSSR count). The molecular formula is C16H24FNO. The maximum Gasteiger partial charge on any atom is 0.168 e. The molecule has 19 heavy (non-hydrogen) atoms. The number of methoxy groups -OCH3 is 1. The Labute approximate surface area is 115 Å². The SMILES string of the molecule is COc1cccc(C2CCC2CNC(C)(C)C)c1F. The molecule has 1 aliphatic carbocycles. The molecule has 1 aliphatic rings. The lowest BCUT2D eigenvalue weighted by atomic mass is 9.69. The van der Waals surface area contributed by atoms with Gasteiger partial charge in [0.05, 0.1) is 7.11 Å². The van der Waals surface area contributed by atoms with E-state index >= 15 is 0 Å². The number of rotatable bonds is 4. The molecule has 0 radical (unpaired) electrons. The topological polar surface area (TPSA) is 21.3 Å². The summed E-state index contributed by atoms with van der Waals surface area (Å²) in [5, 5.41) is 3.52. The van der Waals surface area contributed by atoms with Gasteiger partial charge in [0.25, 0.3) is 0 Å². The van der Waals surface area contributed by atoms with Crippen LogP contribution in [0.3, 0.4) is 0 Å². The summed E-state index contributed by atoms with van der Waals surface area (Å²) in [5.41, 5.74) is 0.930. The van der Waals surface area contributed by atoms with Crippen molar-refractivity contribution in [3.63, 3.8) is 0 Å². The van der Waals surface area contributed by atoms with Crippen molar-refractivity contribution < 1.29 is 9.13 Å². The predicted molar refractivity (Wildman–Crippen MR) is 76.2 cm³/mol. The Morgan fingerprint density at radius 2 is 2.05 bits per heavy atom. The zero-order chi connectivity index (χ0) is 14.0. The normalized spacial score (nSPS) is 23.0. The van der Waals surface area contributed by atoms with Gasteiger partial charge in [-0.15, -0.1) is 0 Å². The summed E-state index contributed by atoms with van der Waals surface area (Å²) in [6.45, 7) is 7.43. The molecule has 2 atom stereocenters. The quantitative estimate of drug-likeness (QED) is 0.896. The van der Waals surface area contributed by atoms with E-state index in [1.54, 1.807) is 6.07 Å². The minimum absolute atomic E-state index is 0.118. The third-order valence-electron chi connectivity index (χ3n) is 3.92. The van der Waals surface area contributed by atoms with Gasteiger partial charge in [-0.25, -0.2) is 4.39 Å². The second-order valence-electron chi connectivity index (χ2n) is 6.44. The summed E-state index contributed by atoms with van der Waals surface area (Å²) >= 11 is 0. The molecule has 0 saturated heterocycles. The van der Waals surface area contributed by atoms with Gasteiger partial charge in [0.1, 0.15) is 0 Å². The maximum atomic E-state index is 14.2. The van der Waals surface area contributed by atoms with Crippen LogP contribution < -0.4 is 10.1 Å². The van der Waals surface area contributed by atoms with E-state index in [2.05, 4.69) is 26.1 Å². The Morgan fingerprint density at radius 1 is 1.32 bits per heavy atom. The van der Waals surface area contributed by atoms with Gasteiger partial charge in [-0.1, -0.05) is 12.1 Å². The Hall–Kier alpha value is -1.09. The van der Waals surface area contributed by atoms with Crippen LogP contribution in [0, 0.1) is 11.7 Å². The van der Waals surface area contributed by atoms with Crippen molar-refractivity contribution in [3.8, 4) is 5.75 Å². The first-order valence-electron chi connectivity index (χ1n) is 7.00. The molecule has 1 aromatic carbocycles. The third kappa shape index (κ3) is 3.27. The number of hydrogen-bond donors (Lipinski definition) is 1. The molecule has 0 aromatic heterocycles. The first-order chi connectivity index (χ1) is 8.92. The zero-order valence-corrected chi connectivity index (χ0v) is 12.3. The fourth-order valence-corrected chi connectivity index (χ4v) is 2.63. The molecule has 1 aromatic rings. The van der Waals surface area contributed by atoms with Crippen molar-refractivity contribution in [2.75, 3.05) is 13.7 Å². The van der Waals surface area contributed by atoms with E-state index in [0.29, 0.717) is 17.6 Å². The van der Waals surface area contributed by atoms with Gasteiger partial charge >= 0.3 is 0 Å². The van der Waals surface area contributed by atoms with Crippen molar-refractivity contribution in [3.05, 3.63) is 29.6 Å². The van der Waals surface area contributed by atoms with E-state index in [1.807, 2.05) is 12.1 Å². The van der Waals surface area contributed by atoms with Crippen LogP contribution >= 0.6 is 0 Å². The highest BCUT2D eigenvalue weighted by atomic mass is 19.1. The lowest BCUT2D eigenvalue weighted by Crippen LogP contribution is -2.43. The molecule has 2 unspecified atom stereocenters. The van der Waals surface area contributed by atoms with Gasteiger partial charge in [-0.05, 0) is 63.6 Å². The van der Waals surface area contributed by atoms with Gasteiger partial charge in [-0.2, -0.15) is 0 Å². The number of hydrogen-bond acceptors (Lipinski definition) is 2. The Morgan fingerprint density at radius 3 is 2.58 bits per heavy atom. The first-order valence-corrected chi connectivity index (χ1v) is 7.00. The average molecular weight is 265 g/mol. The summed E-state index contributed by atoms with van der Waals surface area (Å²) in [4.78, 5) is 0. The summed E-state index contributed by atoms with van der Waals surface area (Å²) < 4.78 is 19.3. The standard InChI is InChI=1S/C16H24FNO/c1-16(2,3)18-10-11-8-9-12(11)13-6-5-7-14(19-4)15(13)17/h5-7,11-12,18H,8-10H2,1-4H3. The van der Waals surface area contributed by atoms with Gasteiger partial charge in [0, 0.05) is 5.54 Å². The number of nitrogens with one attached hydrogen (secondary N) is 1. The highest BCUT2D eigenvalue weighted by Gasteiger charge is 2.34. The predicted octanol–water partition coefficient (Wildman–Crippen LogP) is 3.72. The van der Waals surface area contributed by atoms with Crippen LogP contribution in [0.5, 0.6) is 5.75 Å². The molecule has 1 N–H and O–H groups in total. The van der Waals surface area contributed by atoms with Crippen LogP contribution in [-0.2, 0) is 0 Å². The molecule has 0 spiro atoms. The van der Waals surface area contributed by atoms with Crippen LogP contribution in [-0.4, -0.2) is 19.2 Å². The van der Waals surface area contributed by atoms with Crippen LogP contribution in [0.15, 0.2) is 18.2 Å². The fourth-order valence-electron chi connectivity index (χ4n) is 2.63. The Balaban J connectivity index is 2.06. The van der Waals surface area contributed by atoms with Crippen molar-refractivity contribution >= 4 is 0 Å². The van der Waals surface area contributed by atoms with E-state index in [1.165, 1.54) is 13.5 Å². The van der Waals surface area contributed by atoms with Crippen molar-refractivity contribution in [2.45, 2.75) is 45.1 Å². The highest BCUT2D eigenvalue weighted by molar-refractivity contribution is 5.34. The highest BCUT2D eigenvalue weighted by Crippen LogP contribution is 2.44. The van der Waals surface area contributed by atoms with Gasteiger partial charge in [-0.3, -0.25) is 0 Å². The largest absolute Gasteiger partial charge is 0.494 e. The lowest BCUT2D eigenvalue weighted by molar-refractivity contribution is 0.220. The monoisotopic (exact) mass is 265 g/mol. The molecule has 0 amide bonds. The molecule has 106 valence electrons. The molecule has 0 heterocycles. The number of halogens is 1. The van der Waals surface area contributed by atoms with Crippen molar-refractivity contribution in [1.82, 2.24) is 5.32 Å². The molecule has 3 heteroatoms. The van der Waals surface area contributed by atoms with Crippen molar-refractivity contribution in [1.29, 1.82) is 0 Å². The van der Waals surface area contributed by atoms with E-state index in [0.717, 1.165) is 18.5 Å². The minimum Gasteiger partial charge on any atom is -0.494 e. The minimum atomic E-state index is -0.185. The molecule has 1 fully saturated rings. The van der Waals surface area contributed by atoms with Crippen LogP contribution in [0.4, 0.5) is 4.39 Å². The maximum absolute atomic E-state index is 14.2. The van der Waals surface area contributed by atoms with E-state index in [9.17, 15) is 4.39 Å². The van der Waals surface area contributed by atoms with Gasteiger partial charge in [0.2, 0.25) is 0 Å². The second kappa shape index (κ2) is 5.49. The fraction of sp³-hybridized carbons (Fsp3) is 0.625. The second-order valence-corrected chi connectivity index (χ2v) is 6.44. The Bertz CT molecular complexity index is 439. The zero-order valence-electron chi connectivity index (χ0n) is 12.3. The van der Waals surface area contributed by atoms with Gasteiger partial charge < -0.3 is 10.1 Å². The molecule has 1 saturated carbocycles. The summed E-state index contributed by atoms with van der Waals surface area (Å²) in [6, 6.07) is 5.45. The summed E-state index contributed by atoms with van der Waals surface area (Å²) in [5.74, 6) is 1.02. The van der Waals surface area contributed by atoms with Crippen LogP contribution in [0.25, 0.3) is 0 Å². The van der Waals surface area contributed by atoms with Crippen molar-refractivity contribution in [2.24, 2.45) is 5.92 Å². The molecule has 0 bridgehead atoms. The average Bonchev–Trinajstić information content (AvgIpc) is 2.29. The smallest absolute Gasteiger partial charge is 0.168 e. The van der Waals surface area contributed by atoms with Crippen LogP contribution in [0.1, 0.15) is 45.1 Å². The van der Waals surface area contributed by atoms with E-state index in [-0.39, 0.29) is 11.4 Å². The molecular weight excluding hydrogens is 241 g/mol. The number of ether oxygens (including phenoxy) is 1. The van der Waals surface area contributed by atoms with Gasteiger partial charge in [0.15, 0.2) is 11.6 Å². The van der Waals surface area contributed by atoms with Crippen LogP contribution in [0.2, 0.25) is 0 Å². The lowest BCUT2D eigenvalue weighted by Gasteiger charge is -2.39. The molecule has 0 aliphatic heterocycles. The number of benzene rings is 1. The third-order valence-corrected chi connectivity index (χ3v) is 3.92.